The van der Waals surface area contributed by atoms with E-state index < -0.39 is 21.3 Å². The monoisotopic (exact) mass is 300 g/mol. The zero-order valence-electron chi connectivity index (χ0n) is 10.4. The van der Waals surface area contributed by atoms with Crippen LogP contribution in [-0.2, 0) is 4.79 Å². The Morgan fingerprint density at radius 3 is 2.11 bits per heavy atom. The van der Waals surface area contributed by atoms with Crippen LogP contribution in [0.5, 0.6) is 0 Å². The van der Waals surface area contributed by atoms with Crippen LogP contribution in [0.1, 0.15) is 38.5 Å². The van der Waals surface area contributed by atoms with E-state index in [1.54, 1.807) is 0 Å². The van der Waals surface area contributed by atoms with E-state index in [9.17, 15) is 15.0 Å². The zero-order valence-corrected chi connectivity index (χ0v) is 13.9. The first-order valence-corrected chi connectivity index (χ1v) is 6.84. The molecule has 4 aliphatic rings. The molecular weight excluding hydrogens is 286 g/mol. The second-order valence-electron chi connectivity index (χ2n) is 6.33. The molecule has 0 aromatic rings. The predicted octanol–water partition coefficient (Wildman–Crippen LogP) is -1.75. The number of carbonyl (C=O) groups excluding carboxylic acids is 1. The molecule has 4 fully saturated rings. The quantitative estimate of drug-likeness (QED) is 0.486. The summed E-state index contributed by atoms with van der Waals surface area (Å²) in [6.45, 7) is 0. The van der Waals surface area contributed by atoms with Crippen molar-refractivity contribution in [2.24, 2.45) is 17.3 Å². The summed E-state index contributed by atoms with van der Waals surface area (Å²) >= 11 is 12.1. The van der Waals surface area contributed by atoms with Gasteiger partial charge in [-0.2, -0.15) is 0 Å². The van der Waals surface area contributed by atoms with E-state index in [1.807, 2.05) is 0 Å². The molecule has 0 heterocycles. The molecule has 0 aromatic heterocycles. The molecule has 0 aliphatic heterocycles. The van der Waals surface area contributed by atoms with E-state index in [-0.39, 0.29) is 29.6 Å². The van der Waals surface area contributed by atoms with E-state index >= 15 is 0 Å². The fourth-order valence-electron chi connectivity index (χ4n) is 4.80. The maximum absolute atomic E-state index is 11.2. The topological polar surface area (TPSA) is 60.4 Å². The number of hydrogen-bond acceptors (Lipinski definition) is 3. The van der Waals surface area contributed by atoms with Crippen LogP contribution >= 0.6 is 23.2 Å². The number of halogens is 2. The molecule has 4 bridgehead atoms. The molecule has 1 N–H and O–H groups in total. The molecule has 4 aliphatic carbocycles. The van der Waals surface area contributed by atoms with Crippen LogP contribution < -0.4 is 34.7 Å². The van der Waals surface area contributed by atoms with Crippen LogP contribution in [-0.4, -0.2) is 21.0 Å². The first kappa shape index (κ1) is 15.4. The Bertz CT molecular complexity index is 372. The Labute approximate surface area is 139 Å². The Morgan fingerprint density at radius 1 is 1.22 bits per heavy atom. The van der Waals surface area contributed by atoms with Crippen molar-refractivity contribution in [2.45, 2.75) is 48.5 Å². The van der Waals surface area contributed by atoms with Crippen LogP contribution in [0.2, 0.25) is 0 Å². The number of aliphatic carboxylic acids is 1. The summed E-state index contributed by atoms with van der Waals surface area (Å²) in [5.74, 6) is -0.707. The number of aliphatic hydroxyl groups is 1. The summed E-state index contributed by atoms with van der Waals surface area (Å²) in [5.41, 5.74) is -1.46. The van der Waals surface area contributed by atoms with Gasteiger partial charge in [0.2, 0.25) is 0 Å². The van der Waals surface area contributed by atoms with Gasteiger partial charge >= 0.3 is 29.6 Å². The molecule has 2 atom stereocenters. The molecule has 0 saturated heterocycles. The van der Waals surface area contributed by atoms with Gasteiger partial charge in [0.25, 0.3) is 0 Å². The first-order chi connectivity index (χ1) is 7.76. The Kier molecular flexibility index (Phi) is 3.85. The molecule has 96 valence electrons. The van der Waals surface area contributed by atoms with Gasteiger partial charge in [0.05, 0.1) is 11.6 Å². The zero-order chi connectivity index (χ0) is 12.5. The fourth-order valence-corrected chi connectivity index (χ4v) is 5.24. The molecule has 4 saturated carbocycles. The Balaban J connectivity index is 0.00000120. The number of alkyl halides is 2. The van der Waals surface area contributed by atoms with Gasteiger partial charge < -0.3 is 15.0 Å². The van der Waals surface area contributed by atoms with Crippen LogP contribution in [0.4, 0.5) is 0 Å². The first-order valence-electron chi connectivity index (χ1n) is 6.08. The molecule has 0 spiro atoms. The van der Waals surface area contributed by atoms with Crippen LogP contribution in [0.15, 0.2) is 0 Å². The summed E-state index contributed by atoms with van der Waals surface area (Å²) in [5, 5.41) is 21.7. The van der Waals surface area contributed by atoms with Crippen molar-refractivity contribution >= 4 is 29.2 Å². The van der Waals surface area contributed by atoms with Gasteiger partial charge in [0.15, 0.2) is 4.33 Å². The second-order valence-corrected chi connectivity index (χ2v) is 7.65. The third-order valence-corrected chi connectivity index (χ3v) is 6.06. The molecule has 0 amide bonds. The summed E-state index contributed by atoms with van der Waals surface area (Å²) in [7, 11) is 0. The summed E-state index contributed by atoms with van der Waals surface area (Å²) < 4.78 is -1.88. The SMILES string of the molecule is O=C([O-])C(Cl)(Cl)C12CC3CC(CC(O)(C3)C1)C2.[Na+]. The predicted molar refractivity (Wildman–Crippen MR) is 61.5 cm³/mol. The summed E-state index contributed by atoms with van der Waals surface area (Å²) in [4.78, 5) is 11.2. The molecule has 0 aromatic carbocycles. The van der Waals surface area contributed by atoms with E-state index in [0.717, 1.165) is 19.3 Å². The second kappa shape index (κ2) is 4.51. The standard InChI is InChI=1S/C12H16Cl2O3.Na/c13-12(14,9(15)16)10-2-7-1-8(3-10)5-11(17,4-7)6-10;/h7-8,17H,1-6H2,(H,15,16);/q;+1/p-1. The van der Waals surface area contributed by atoms with Crippen molar-refractivity contribution in [1.82, 2.24) is 0 Å². The van der Waals surface area contributed by atoms with Crippen LogP contribution in [0.25, 0.3) is 0 Å². The maximum Gasteiger partial charge on any atom is 1.00 e. The molecule has 0 radical (unpaired) electrons. The van der Waals surface area contributed by atoms with Crippen LogP contribution in [0.3, 0.4) is 0 Å². The van der Waals surface area contributed by atoms with Crippen molar-refractivity contribution in [3.8, 4) is 0 Å². The van der Waals surface area contributed by atoms with Gasteiger partial charge in [0, 0.05) is 5.41 Å². The number of hydrogen-bond donors (Lipinski definition) is 1. The summed E-state index contributed by atoms with van der Waals surface area (Å²) in [6, 6.07) is 0. The van der Waals surface area contributed by atoms with Gasteiger partial charge in [-0.3, -0.25) is 0 Å². The van der Waals surface area contributed by atoms with Crippen molar-refractivity contribution in [3.05, 3.63) is 0 Å². The molecule has 3 nitrogen and oxygen atoms in total. The molecular formula is C12H15Cl2NaO3. The largest absolute Gasteiger partial charge is 1.00 e. The van der Waals surface area contributed by atoms with E-state index in [1.165, 1.54) is 0 Å². The minimum atomic E-state index is -1.88. The third-order valence-electron chi connectivity index (χ3n) is 4.95. The van der Waals surface area contributed by atoms with Gasteiger partial charge in [-0.15, -0.1) is 0 Å². The molecule has 2 unspecified atom stereocenters. The van der Waals surface area contributed by atoms with Crippen molar-refractivity contribution in [2.75, 3.05) is 0 Å². The minimum absolute atomic E-state index is 0. The number of carbonyl (C=O) groups is 1. The number of rotatable bonds is 2. The van der Waals surface area contributed by atoms with Gasteiger partial charge in [-0.25, -0.2) is 0 Å². The average Bonchev–Trinajstić information content (AvgIpc) is 2.12. The number of carboxylic acids is 1. The summed E-state index contributed by atoms with van der Waals surface area (Å²) in [6.07, 6.45) is 4.40. The molecule has 6 heteroatoms. The van der Waals surface area contributed by atoms with E-state index in [4.69, 9.17) is 23.2 Å². The maximum atomic E-state index is 11.2. The molecule has 18 heavy (non-hydrogen) atoms. The Hall–Kier alpha value is 1.01. The Morgan fingerprint density at radius 2 is 1.72 bits per heavy atom. The van der Waals surface area contributed by atoms with Gasteiger partial charge in [0.1, 0.15) is 0 Å². The van der Waals surface area contributed by atoms with Crippen molar-refractivity contribution in [3.63, 3.8) is 0 Å². The minimum Gasteiger partial charge on any atom is -0.547 e. The van der Waals surface area contributed by atoms with Crippen molar-refractivity contribution < 1.29 is 44.6 Å². The van der Waals surface area contributed by atoms with E-state index in [0.29, 0.717) is 31.1 Å². The third kappa shape index (κ3) is 2.06. The van der Waals surface area contributed by atoms with Crippen molar-refractivity contribution in [1.29, 1.82) is 0 Å². The smallest absolute Gasteiger partial charge is 0.547 e. The molecule has 4 rings (SSSR count). The van der Waals surface area contributed by atoms with E-state index in [2.05, 4.69) is 0 Å². The van der Waals surface area contributed by atoms with Crippen LogP contribution in [0, 0.1) is 17.3 Å². The average molecular weight is 301 g/mol. The fraction of sp³-hybridized carbons (Fsp3) is 0.917. The van der Waals surface area contributed by atoms with Gasteiger partial charge in [-0.05, 0) is 50.4 Å². The number of carboxylic acid groups (broad SMARTS) is 1. The van der Waals surface area contributed by atoms with Gasteiger partial charge in [-0.1, -0.05) is 23.2 Å². The normalized spacial score (nSPS) is 45.7.